The molecular weight excluding hydrogens is 262 g/mol. The lowest BCUT2D eigenvalue weighted by atomic mass is 10.1. The van der Waals surface area contributed by atoms with Gasteiger partial charge in [-0.15, -0.1) is 0 Å². The Morgan fingerprint density at radius 1 is 1.19 bits per heavy atom. The second-order valence-electron chi connectivity index (χ2n) is 5.04. The highest BCUT2D eigenvalue weighted by Gasteiger charge is 2.08. The number of nitrogens with one attached hydrogen (secondary N) is 1. The predicted octanol–water partition coefficient (Wildman–Crippen LogP) is 4.20. The minimum absolute atomic E-state index is 0.120. The van der Waals surface area contributed by atoms with Crippen molar-refractivity contribution in [2.24, 2.45) is 0 Å². The van der Waals surface area contributed by atoms with Crippen LogP contribution in [-0.4, -0.2) is 12.5 Å². The van der Waals surface area contributed by atoms with Crippen LogP contribution in [0.5, 0.6) is 5.75 Å². The Morgan fingerprint density at radius 3 is 2.67 bits per heavy atom. The first-order chi connectivity index (χ1) is 10.1. The van der Waals surface area contributed by atoms with Crippen molar-refractivity contribution in [3.63, 3.8) is 0 Å². The Hall–Kier alpha value is -2.55. The first kappa shape index (κ1) is 14.9. The Bertz CT molecular complexity index is 662. The van der Waals surface area contributed by atoms with E-state index in [1.165, 1.54) is 0 Å². The molecule has 1 amide bonds. The molecule has 0 heterocycles. The van der Waals surface area contributed by atoms with Gasteiger partial charge in [0, 0.05) is 17.3 Å². The molecule has 0 aliphatic heterocycles. The van der Waals surface area contributed by atoms with Crippen molar-refractivity contribution in [1.82, 2.24) is 0 Å². The fourth-order valence-corrected chi connectivity index (χ4v) is 1.90. The van der Waals surface area contributed by atoms with Gasteiger partial charge in [-0.05, 0) is 43.2 Å². The van der Waals surface area contributed by atoms with Crippen LogP contribution in [0.4, 0.5) is 5.69 Å². The maximum absolute atomic E-state index is 12.2. The third kappa shape index (κ3) is 4.21. The van der Waals surface area contributed by atoms with E-state index in [0.29, 0.717) is 23.6 Å². The largest absolute Gasteiger partial charge is 0.489 e. The van der Waals surface area contributed by atoms with Crippen LogP contribution >= 0.6 is 0 Å². The van der Waals surface area contributed by atoms with Gasteiger partial charge in [0.25, 0.3) is 5.91 Å². The van der Waals surface area contributed by atoms with Crippen LogP contribution in [0.3, 0.4) is 0 Å². The molecule has 0 atom stereocenters. The summed E-state index contributed by atoms with van der Waals surface area (Å²) in [6.07, 6.45) is 0. The van der Waals surface area contributed by atoms with Crippen LogP contribution in [-0.2, 0) is 0 Å². The molecule has 2 aromatic rings. The van der Waals surface area contributed by atoms with Crippen LogP contribution in [0.1, 0.15) is 22.8 Å². The smallest absolute Gasteiger partial charge is 0.255 e. The number of ether oxygens (including phenoxy) is 1. The summed E-state index contributed by atoms with van der Waals surface area (Å²) in [5, 5.41) is 2.89. The molecule has 0 spiro atoms. The molecule has 1 N–H and O–H groups in total. The number of benzene rings is 2. The molecule has 0 aromatic heterocycles. The maximum Gasteiger partial charge on any atom is 0.255 e. The summed E-state index contributed by atoms with van der Waals surface area (Å²) < 4.78 is 5.57. The molecule has 0 radical (unpaired) electrons. The van der Waals surface area contributed by atoms with E-state index in [4.69, 9.17) is 4.74 Å². The molecule has 0 unspecified atom stereocenters. The second-order valence-corrected chi connectivity index (χ2v) is 5.04. The number of carbonyl (C=O) groups excluding carboxylic acids is 1. The van der Waals surface area contributed by atoms with Gasteiger partial charge in [-0.25, -0.2) is 0 Å². The van der Waals surface area contributed by atoms with E-state index in [9.17, 15) is 4.79 Å². The molecule has 21 heavy (non-hydrogen) atoms. The van der Waals surface area contributed by atoms with E-state index in [1.54, 1.807) is 6.07 Å². The number of amides is 1. The lowest BCUT2D eigenvalue weighted by molar-refractivity contribution is 0.102. The molecule has 2 rings (SSSR count). The Morgan fingerprint density at radius 2 is 1.95 bits per heavy atom. The standard InChI is InChI=1S/C18H19NO2/c1-13(2)12-21-16-9-6-8-15(11-16)19-18(20)17-10-5-4-7-14(17)3/h4-11H,1,12H2,2-3H3,(H,19,20). The van der Waals surface area contributed by atoms with Gasteiger partial charge in [-0.3, -0.25) is 4.79 Å². The topological polar surface area (TPSA) is 38.3 Å². The average Bonchev–Trinajstić information content (AvgIpc) is 2.46. The molecule has 0 fully saturated rings. The number of hydrogen-bond acceptors (Lipinski definition) is 2. The van der Waals surface area contributed by atoms with E-state index in [-0.39, 0.29) is 5.91 Å². The average molecular weight is 281 g/mol. The SMILES string of the molecule is C=C(C)COc1cccc(NC(=O)c2ccccc2C)c1. The summed E-state index contributed by atoms with van der Waals surface area (Å²) in [6.45, 7) is 8.09. The first-order valence-corrected chi connectivity index (χ1v) is 6.80. The number of anilines is 1. The number of carbonyl (C=O) groups is 1. The van der Waals surface area contributed by atoms with Crippen molar-refractivity contribution in [1.29, 1.82) is 0 Å². The zero-order chi connectivity index (χ0) is 15.2. The van der Waals surface area contributed by atoms with Crippen LogP contribution in [0, 0.1) is 6.92 Å². The summed E-state index contributed by atoms with van der Waals surface area (Å²) in [5.41, 5.74) is 3.28. The van der Waals surface area contributed by atoms with Crippen LogP contribution in [0.2, 0.25) is 0 Å². The van der Waals surface area contributed by atoms with Gasteiger partial charge in [0.15, 0.2) is 0 Å². The van der Waals surface area contributed by atoms with Crippen molar-refractivity contribution < 1.29 is 9.53 Å². The third-order valence-corrected chi connectivity index (χ3v) is 2.97. The molecule has 2 aromatic carbocycles. The quantitative estimate of drug-likeness (QED) is 0.834. The lowest BCUT2D eigenvalue weighted by Gasteiger charge is -2.10. The van der Waals surface area contributed by atoms with Crippen LogP contribution in [0.15, 0.2) is 60.7 Å². The molecule has 0 bridgehead atoms. The molecule has 3 heteroatoms. The maximum atomic E-state index is 12.2. The van der Waals surface area contributed by atoms with Crippen LogP contribution < -0.4 is 10.1 Å². The number of rotatable bonds is 5. The van der Waals surface area contributed by atoms with Crippen molar-refractivity contribution in [2.45, 2.75) is 13.8 Å². The van der Waals surface area contributed by atoms with Crippen molar-refractivity contribution in [3.8, 4) is 5.75 Å². The van der Waals surface area contributed by atoms with Crippen molar-refractivity contribution in [2.75, 3.05) is 11.9 Å². The third-order valence-electron chi connectivity index (χ3n) is 2.97. The molecule has 108 valence electrons. The van der Waals surface area contributed by atoms with E-state index < -0.39 is 0 Å². The summed E-state index contributed by atoms with van der Waals surface area (Å²) in [5.74, 6) is 0.589. The Labute approximate surface area is 125 Å². The molecule has 0 saturated heterocycles. The number of hydrogen-bond donors (Lipinski definition) is 1. The fraction of sp³-hybridized carbons (Fsp3) is 0.167. The van der Waals surface area contributed by atoms with E-state index >= 15 is 0 Å². The monoisotopic (exact) mass is 281 g/mol. The zero-order valence-corrected chi connectivity index (χ0v) is 12.3. The lowest BCUT2D eigenvalue weighted by Crippen LogP contribution is -2.13. The van der Waals surface area contributed by atoms with Crippen molar-refractivity contribution >= 4 is 11.6 Å². The highest BCUT2D eigenvalue weighted by molar-refractivity contribution is 6.05. The van der Waals surface area contributed by atoms with Gasteiger partial charge in [0.05, 0.1) is 0 Å². The Balaban J connectivity index is 2.09. The molecule has 0 aliphatic rings. The van der Waals surface area contributed by atoms with Crippen molar-refractivity contribution in [3.05, 3.63) is 71.8 Å². The van der Waals surface area contributed by atoms with E-state index in [0.717, 1.165) is 11.1 Å². The van der Waals surface area contributed by atoms with E-state index in [2.05, 4.69) is 11.9 Å². The summed E-state index contributed by atoms with van der Waals surface area (Å²) in [4.78, 5) is 12.2. The van der Waals surface area contributed by atoms with E-state index in [1.807, 2.05) is 56.3 Å². The predicted molar refractivity (Wildman–Crippen MR) is 85.9 cm³/mol. The highest BCUT2D eigenvalue weighted by Crippen LogP contribution is 2.19. The van der Waals surface area contributed by atoms with Gasteiger partial charge in [-0.2, -0.15) is 0 Å². The Kier molecular flexibility index (Phi) is 4.77. The van der Waals surface area contributed by atoms with Gasteiger partial charge in [-0.1, -0.05) is 30.8 Å². The summed E-state index contributed by atoms with van der Waals surface area (Å²) in [7, 11) is 0. The minimum Gasteiger partial charge on any atom is -0.489 e. The fourth-order valence-electron chi connectivity index (χ4n) is 1.90. The molecule has 0 aliphatic carbocycles. The molecular formula is C18H19NO2. The van der Waals surface area contributed by atoms with Gasteiger partial charge in [0.2, 0.25) is 0 Å². The number of aryl methyl sites for hydroxylation is 1. The molecule has 0 saturated carbocycles. The van der Waals surface area contributed by atoms with Crippen LogP contribution in [0.25, 0.3) is 0 Å². The van der Waals surface area contributed by atoms with Gasteiger partial charge >= 0.3 is 0 Å². The molecule has 3 nitrogen and oxygen atoms in total. The second kappa shape index (κ2) is 6.75. The zero-order valence-electron chi connectivity index (χ0n) is 12.3. The first-order valence-electron chi connectivity index (χ1n) is 6.80. The normalized spacial score (nSPS) is 10.0. The minimum atomic E-state index is -0.120. The summed E-state index contributed by atoms with van der Waals surface area (Å²) >= 11 is 0. The van der Waals surface area contributed by atoms with Gasteiger partial charge < -0.3 is 10.1 Å². The van der Waals surface area contributed by atoms with Gasteiger partial charge in [0.1, 0.15) is 12.4 Å². The highest BCUT2D eigenvalue weighted by atomic mass is 16.5. The summed E-state index contributed by atoms with van der Waals surface area (Å²) in [6, 6.07) is 14.8.